The quantitative estimate of drug-likeness (QED) is 0.801. The molecule has 4 heteroatoms. The molecule has 1 aromatic rings. The first-order valence-electron chi connectivity index (χ1n) is 7.35. The monoisotopic (exact) mass is 297 g/mol. The lowest BCUT2D eigenvalue weighted by Gasteiger charge is -2.32. The molecule has 2 rings (SSSR count). The van der Waals surface area contributed by atoms with Gasteiger partial charge in [0.25, 0.3) is 0 Å². The Morgan fingerprint density at radius 1 is 1.40 bits per heavy atom. The van der Waals surface area contributed by atoms with Gasteiger partial charge in [0.1, 0.15) is 5.75 Å². The smallest absolute Gasteiger partial charge is 0.137 e. The molecule has 0 bridgehead atoms. The number of rotatable bonds is 6. The van der Waals surface area contributed by atoms with E-state index < -0.39 is 0 Å². The highest BCUT2D eigenvalue weighted by atomic mass is 35.5. The van der Waals surface area contributed by atoms with Crippen LogP contribution >= 0.6 is 11.6 Å². The molecule has 1 aliphatic heterocycles. The fourth-order valence-electron chi connectivity index (χ4n) is 2.84. The van der Waals surface area contributed by atoms with Crippen molar-refractivity contribution in [2.75, 3.05) is 33.4 Å². The third-order valence-corrected chi connectivity index (χ3v) is 4.00. The van der Waals surface area contributed by atoms with E-state index in [1.165, 1.54) is 18.4 Å². The van der Waals surface area contributed by atoms with Crippen molar-refractivity contribution in [1.82, 2.24) is 4.90 Å². The molecule has 3 nitrogen and oxygen atoms in total. The lowest BCUT2D eigenvalue weighted by Crippen LogP contribution is -2.36. The summed E-state index contributed by atoms with van der Waals surface area (Å²) in [5, 5.41) is 0.704. The summed E-state index contributed by atoms with van der Waals surface area (Å²) >= 11 is 6.24. The SMILES string of the molecule is CCOc1ccc(CN2CCCC(COC)C2)cc1Cl. The molecule has 1 fully saturated rings. The molecule has 0 aromatic heterocycles. The lowest BCUT2D eigenvalue weighted by atomic mass is 9.98. The molecule has 1 heterocycles. The third kappa shape index (κ3) is 4.37. The number of nitrogens with zero attached hydrogens (tertiary/aromatic N) is 1. The minimum absolute atomic E-state index is 0.643. The number of methoxy groups -OCH3 is 1. The van der Waals surface area contributed by atoms with Crippen LogP contribution in [0.3, 0.4) is 0 Å². The van der Waals surface area contributed by atoms with Gasteiger partial charge in [0.05, 0.1) is 18.2 Å². The van der Waals surface area contributed by atoms with Gasteiger partial charge in [-0.05, 0) is 49.9 Å². The fourth-order valence-corrected chi connectivity index (χ4v) is 3.10. The van der Waals surface area contributed by atoms with Crippen molar-refractivity contribution in [3.05, 3.63) is 28.8 Å². The molecule has 0 radical (unpaired) electrons. The molecule has 0 spiro atoms. The molecule has 0 saturated carbocycles. The van der Waals surface area contributed by atoms with Crippen LogP contribution in [0.2, 0.25) is 5.02 Å². The standard InChI is InChI=1S/C16H24ClNO2/c1-3-20-16-7-6-13(9-15(16)17)10-18-8-4-5-14(11-18)12-19-2/h6-7,9,14H,3-5,8,10-12H2,1-2H3. The van der Waals surface area contributed by atoms with Crippen LogP contribution in [0.4, 0.5) is 0 Å². The van der Waals surface area contributed by atoms with Gasteiger partial charge in [0, 0.05) is 20.2 Å². The van der Waals surface area contributed by atoms with Crippen molar-refractivity contribution in [1.29, 1.82) is 0 Å². The van der Waals surface area contributed by atoms with E-state index in [0.29, 0.717) is 17.5 Å². The Morgan fingerprint density at radius 2 is 2.25 bits per heavy atom. The molecule has 0 amide bonds. The predicted octanol–water partition coefficient (Wildman–Crippen LogP) is 3.60. The highest BCUT2D eigenvalue weighted by molar-refractivity contribution is 6.32. The number of hydrogen-bond donors (Lipinski definition) is 0. The van der Waals surface area contributed by atoms with Gasteiger partial charge in [-0.1, -0.05) is 17.7 Å². The van der Waals surface area contributed by atoms with E-state index in [1.54, 1.807) is 7.11 Å². The van der Waals surface area contributed by atoms with E-state index in [1.807, 2.05) is 19.1 Å². The summed E-state index contributed by atoms with van der Waals surface area (Å²) in [5.41, 5.74) is 1.25. The summed E-state index contributed by atoms with van der Waals surface area (Å²) in [6.45, 7) is 6.69. The van der Waals surface area contributed by atoms with Crippen LogP contribution in [0.15, 0.2) is 18.2 Å². The second-order valence-corrected chi connectivity index (χ2v) is 5.80. The molecule has 1 atom stereocenters. The predicted molar refractivity (Wildman–Crippen MR) is 82.5 cm³/mol. The molecule has 1 unspecified atom stereocenters. The summed E-state index contributed by atoms with van der Waals surface area (Å²) in [5.74, 6) is 1.43. The van der Waals surface area contributed by atoms with Gasteiger partial charge in [-0.25, -0.2) is 0 Å². The van der Waals surface area contributed by atoms with Gasteiger partial charge in [0.2, 0.25) is 0 Å². The Kier molecular flexibility index (Phi) is 6.14. The molecule has 1 saturated heterocycles. The number of benzene rings is 1. The molecule has 112 valence electrons. The van der Waals surface area contributed by atoms with Gasteiger partial charge in [-0.3, -0.25) is 4.90 Å². The van der Waals surface area contributed by atoms with Crippen molar-refractivity contribution in [3.8, 4) is 5.75 Å². The number of ether oxygens (including phenoxy) is 2. The van der Waals surface area contributed by atoms with E-state index >= 15 is 0 Å². The summed E-state index contributed by atoms with van der Waals surface area (Å²) in [6.07, 6.45) is 2.52. The molecular weight excluding hydrogens is 274 g/mol. The van der Waals surface area contributed by atoms with Gasteiger partial charge >= 0.3 is 0 Å². The van der Waals surface area contributed by atoms with E-state index in [9.17, 15) is 0 Å². The Bertz CT molecular complexity index is 423. The molecule has 1 aromatic carbocycles. The second kappa shape index (κ2) is 7.87. The highest BCUT2D eigenvalue weighted by Crippen LogP contribution is 2.27. The fraction of sp³-hybridized carbons (Fsp3) is 0.625. The van der Waals surface area contributed by atoms with Crippen molar-refractivity contribution in [2.45, 2.75) is 26.3 Å². The molecule has 1 aliphatic rings. The maximum absolute atomic E-state index is 6.24. The normalized spacial score (nSPS) is 20.1. The molecule has 0 N–H and O–H groups in total. The molecular formula is C16H24ClNO2. The summed E-state index contributed by atoms with van der Waals surface area (Å²) in [6, 6.07) is 6.10. The zero-order chi connectivity index (χ0) is 14.4. The first-order valence-corrected chi connectivity index (χ1v) is 7.73. The van der Waals surface area contributed by atoms with Gasteiger partial charge in [-0.15, -0.1) is 0 Å². The largest absolute Gasteiger partial charge is 0.492 e. The molecule has 20 heavy (non-hydrogen) atoms. The van der Waals surface area contributed by atoms with Crippen molar-refractivity contribution >= 4 is 11.6 Å². The van der Waals surface area contributed by atoms with E-state index in [4.69, 9.17) is 21.1 Å². The van der Waals surface area contributed by atoms with Crippen LogP contribution in [0.5, 0.6) is 5.75 Å². The highest BCUT2D eigenvalue weighted by Gasteiger charge is 2.19. The van der Waals surface area contributed by atoms with E-state index in [2.05, 4.69) is 11.0 Å². The van der Waals surface area contributed by atoms with Crippen molar-refractivity contribution < 1.29 is 9.47 Å². The number of likely N-dealkylation sites (tertiary alicyclic amines) is 1. The second-order valence-electron chi connectivity index (χ2n) is 5.40. The average Bonchev–Trinajstić information content (AvgIpc) is 2.43. The zero-order valence-corrected chi connectivity index (χ0v) is 13.2. The Balaban J connectivity index is 1.94. The minimum atomic E-state index is 0.643. The first kappa shape index (κ1) is 15.6. The van der Waals surface area contributed by atoms with Gasteiger partial charge < -0.3 is 9.47 Å². The topological polar surface area (TPSA) is 21.7 Å². The Labute approximate surface area is 126 Å². The van der Waals surface area contributed by atoms with Crippen LogP contribution in [0.1, 0.15) is 25.3 Å². The van der Waals surface area contributed by atoms with Crippen LogP contribution in [-0.2, 0) is 11.3 Å². The minimum Gasteiger partial charge on any atom is -0.492 e. The van der Waals surface area contributed by atoms with E-state index in [0.717, 1.165) is 32.0 Å². The number of piperidine rings is 1. The Morgan fingerprint density at radius 3 is 2.95 bits per heavy atom. The van der Waals surface area contributed by atoms with Gasteiger partial charge in [0.15, 0.2) is 0 Å². The summed E-state index contributed by atoms with van der Waals surface area (Å²) in [7, 11) is 1.78. The maximum Gasteiger partial charge on any atom is 0.137 e. The Hall–Kier alpha value is -0.770. The average molecular weight is 298 g/mol. The third-order valence-electron chi connectivity index (χ3n) is 3.71. The van der Waals surface area contributed by atoms with Crippen LogP contribution in [-0.4, -0.2) is 38.3 Å². The first-order chi connectivity index (χ1) is 9.72. The summed E-state index contributed by atoms with van der Waals surface area (Å²) in [4.78, 5) is 2.49. The zero-order valence-electron chi connectivity index (χ0n) is 12.4. The van der Waals surface area contributed by atoms with Gasteiger partial charge in [-0.2, -0.15) is 0 Å². The van der Waals surface area contributed by atoms with Crippen LogP contribution in [0.25, 0.3) is 0 Å². The maximum atomic E-state index is 6.24. The number of halogens is 1. The molecule has 0 aliphatic carbocycles. The number of hydrogen-bond acceptors (Lipinski definition) is 3. The van der Waals surface area contributed by atoms with Crippen molar-refractivity contribution in [2.24, 2.45) is 5.92 Å². The lowest BCUT2D eigenvalue weighted by molar-refractivity contribution is 0.0874. The van der Waals surface area contributed by atoms with Crippen molar-refractivity contribution in [3.63, 3.8) is 0 Å². The van der Waals surface area contributed by atoms with E-state index in [-0.39, 0.29) is 0 Å². The van der Waals surface area contributed by atoms with Crippen LogP contribution < -0.4 is 4.74 Å². The summed E-state index contributed by atoms with van der Waals surface area (Å²) < 4.78 is 10.7. The van der Waals surface area contributed by atoms with Crippen LogP contribution in [0, 0.1) is 5.92 Å².